The van der Waals surface area contributed by atoms with E-state index in [1.165, 1.54) is 0 Å². The Morgan fingerprint density at radius 2 is 1.04 bits per heavy atom. The van der Waals surface area contributed by atoms with Gasteiger partial charge in [-0.15, -0.1) is 0 Å². The lowest BCUT2D eigenvalue weighted by Gasteiger charge is -2.18. The van der Waals surface area contributed by atoms with Crippen LogP contribution in [0.4, 0.5) is 22.7 Å². The number of anilines is 4. The Kier molecular flexibility index (Phi) is 6.11. The molecule has 0 aliphatic carbocycles. The molecule has 6 heteroatoms. The van der Waals surface area contributed by atoms with Crippen molar-refractivity contribution in [2.24, 2.45) is 0 Å². The molecule has 0 aromatic heterocycles. The Bertz CT molecular complexity index is 907. The van der Waals surface area contributed by atoms with Crippen LogP contribution in [0.1, 0.15) is 0 Å². The number of methoxy groups -OCH3 is 4. The fourth-order valence-electron chi connectivity index (χ4n) is 2.80. The van der Waals surface area contributed by atoms with Crippen molar-refractivity contribution in [3.63, 3.8) is 0 Å². The van der Waals surface area contributed by atoms with Gasteiger partial charge in [-0.3, -0.25) is 0 Å². The fourth-order valence-corrected chi connectivity index (χ4v) is 2.80. The van der Waals surface area contributed by atoms with E-state index in [1.54, 1.807) is 28.4 Å². The van der Waals surface area contributed by atoms with E-state index in [0.29, 0.717) is 23.0 Å². The highest BCUT2D eigenvalue weighted by Crippen LogP contribution is 2.40. The topological polar surface area (TPSA) is 61.0 Å². The molecule has 3 rings (SSSR count). The normalized spacial score (nSPS) is 10.1. The molecule has 0 atom stereocenters. The van der Waals surface area contributed by atoms with Gasteiger partial charge in [-0.1, -0.05) is 18.2 Å². The van der Waals surface area contributed by atoms with Crippen LogP contribution in [0.3, 0.4) is 0 Å². The van der Waals surface area contributed by atoms with E-state index >= 15 is 0 Å². The smallest absolute Gasteiger partial charge is 0.162 e. The zero-order valence-electron chi connectivity index (χ0n) is 16.4. The number of nitrogens with one attached hydrogen (secondary N) is 2. The molecule has 0 radical (unpaired) electrons. The summed E-state index contributed by atoms with van der Waals surface area (Å²) in [5.41, 5.74) is 3.43. The zero-order valence-corrected chi connectivity index (χ0v) is 16.4. The lowest BCUT2D eigenvalue weighted by atomic mass is 10.2. The van der Waals surface area contributed by atoms with Crippen LogP contribution in [0.25, 0.3) is 0 Å². The number of rotatable bonds is 8. The van der Waals surface area contributed by atoms with Crippen LogP contribution in [0.5, 0.6) is 23.0 Å². The minimum absolute atomic E-state index is 0.624. The molecule has 0 saturated heterocycles. The summed E-state index contributed by atoms with van der Waals surface area (Å²) in [5, 5.41) is 6.83. The van der Waals surface area contributed by atoms with E-state index in [1.807, 2.05) is 60.7 Å². The van der Waals surface area contributed by atoms with Crippen molar-refractivity contribution < 1.29 is 18.9 Å². The highest BCUT2D eigenvalue weighted by atomic mass is 16.5. The Labute approximate surface area is 165 Å². The predicted molar refractivity (Wildman–Crippen MR) is 112 cm³/mol. The maximum Gasteiger partial charge on any atom is 0.162 e. The van der Waals surface area contributed by atoms with E-state index in [0.717, 1.165) is 22.7 Å². The fraction of sp³-hybridized carbons (Fsp3) is 0.182. The van der Waals surface area contributed by atoms with E-state index in [2.05, 4.69) is 10.6 Å². The van der Waals surface area contributed by atoms with E-state index in [4.69, 9.17) is 18.9 Å². The first-order valence-corrected chi connectivity index (χ1v) is 8.75. The van der Waals surface area contributed by atoms with Gasteiger partial charge in [0.05, 0.1) is 39.8 Å². The number of benzene rings is 3. The van der Waals surface area contributed by atoms with Gasteiger partial charge >= 0.3 is 0 Å². The SMILES string of the molecule is COc1cc(Nc2cc(OC)c(OC)cc2Nc2ccccc2)cc(OC)c1. The Morgan fingerprint density at radius 1 is 0.536 bits per heavy atom. The van der Waals surface area contributed by atoms with Crippen LogP contribution in [-0.4, -0.2) is 28.4 Å². The van der Waals surface area contributed by atoms with Gasteiger partial charge in [0.25, 0.3) is 0 Å². The summed E-state index contributed by atoms with van der Waals surface area (Å²) in [5.74, 6) is 2.65. The number of hydrogen-bond donors (Lipinski definition) is 2. The van der Waals surface area contributed by atoms with Gasteiger partial charge in [0.15, 0.2) is 11.5 Å². The lowest BCUT2D eigenvalue weighted by Crippen LogP contribution is -2.01. The van der Waals surface area contributed by atoms with E-state index in [-0.39, 0.29) is 0 Å². The van der Waals surface area contributed by atoms with Crippen LogP contribution in [0.15, 0.2) is 60.7 Å². The van der Waals surface area contributed by atoms with Crippen molar-refractivity contribution >= 4 is 22.7 Å². The standard InChI is InChI=1S/C22H24N2O4/c1-25-17-10-16(11-18(12-17)26-2)24-20-14-22(28-4)21(27-3)13-19(20)23-15-8-6-5-7-9-15/h5-14,23-24H,1-4H3. The molecule has 146 valence electrons. The molecule has 0 amide bonds. The molecular formula is C22H24N2O4. The molecule has 3 aromatic carbocycles. The van der Waals surface area contributed by atoms with Crippen molar-refractivity contribution in [2.75, 3.05) is 39.1 Å². The molecule has 0 spiro atoms. The zero-order chi connectivity index (χ0) is 19.9. The van der Waals surface area contributed by atoms with Gasteiger partial charge in [0, 0.05) is 41.7 Å². The minimum Gasteiger partial charge on any atom is -0.497 e. The summed E-state index contributed by atoms with van der Waals surface area (Å²) >= 11 is 0. The molecule has 28 heavy (non-hydrogen) atoms. The molecule has 0 heterocycles. The third kappa shape index (κ3) is 4.40. The third-order valence-electron chi connectivity index (χ3n) is 4.21. The molecule has 6 nitrogen and oxygen atoms in total. The van der Waals surface area contributed by atoms with Crippen LogP contribution in [0, 0.1) is 0 Å². The number of hydrogen-bond acceptors (Lipinski definition) is 6. The van der Waals surface area contributed by atoms with Gasteiger partial charge in [-0.2, -0.15) is 0 Å². The van der Waals surface area contributed by atoms with Gasteiger partial charge in [-0.25, -0.2) is 0 Å². The van der Waals surface area contributed by atoms with Crippen LogP contribution >= 0.6 is 0 Å². The summed E-state index contributed by atoms with van der Waals surface area (Å²) in [4.78, 5) is 0. The van der Waals surface area contributed by atoms with Gasteiger partial charge in [-0.05, 0) is 12.1 Å². The van der Waals surface area contributed by atoms with E-state index in [9.17, 15) is 0 Å². The van der Waals surface area contributed by atoms with Gasteiger partial charge < -0.3 is 29.6 Å². The van der Waals surface area contributed by atoms with Crippen LogP contribution in [0.2, 0.25) is 0 Å². The summed E-state index contributed by atoms with van der Waals surface area (Å²) in [6, 6.07) is 19.3. The third-order valence-corrected chi connectivity index (χ3v) is 4.21. The largest absolute Gasteiger partial charge is 0.497 e. The van der Waals surface area contributed by atoms with E-state index < -0.39 is 0 Å². The van der Waals surface area contributed by atoms with Crippen molar-refractivity contribution in [2.45, 2.75) is 0 Å². The molecular weight excluding hydrogens is 356 g/mol. The molecule has 2 N–H and O–H groups in total. The van der Waals surface area contributed by atoms with Crippen LogP contribution < -0.4 is 29.6 Å². The first kappa shape index (κ1) is 19.2. The minimum atomic E-state index is 0.624. The van der Waals surface area contributed by atoms with Gasteiger partial charge in [0.1, 0.15) is 11.5 Å². The molecule has 0 aliphatic heterocycles. The number of ether oxygens (including phenoxy) is 4. The summed E-state index contributed by atoms with van der Waals surface area (Å²) in [6.07, 6.45) is 0. The van der Waals surface area contributed by atoms with Crippen molar-refractivity contribution in [3.8, 4) is 23.0 Å². The highest BCUT2D eigenvalue weighted by Gasteiger charge is 2.13. The quantitative estimate of drug-likeness (QED) is 0.559. The first-order chi connectivity index (χ1) is 13.7. The first-order valence-electron chi connectivity index (χ1n) is 8.75. The maximum absolute atomic E-state index is 5.47. The lowest BCUT2D eigenvalue weighted by molar-refractivity contribution is 0.355. The van der Waals surface area contributed by atoms with Crippen LogP contribution in [-0.2, 0) is 0 Å². The molecule has 0 fully saturated rings. The Balaban J connectivity index is 2.03. The van der Waals surface area contributed by atoms with Gasteiger partial charge in [0.2, 0.25) is 0 Å². The van der Waals surface area contributed by atoms with Crippen molar-refractivity contribution in [1.82, 2.24) is 0 Å². The Morgan fingerprint density at radius 3 is 1.50 bits per heavy atom. The summed E-state index contributed by atoms with van der Waals surface area (Å²) in [7, 11) is 6.47. The molecule has 0 bridgehead atoms. The summed E-state index contributed by atoms with van der Waals surface area (Å²) < 4.78 is 21.7. The van der Waals surface area contributed by atoms with Crippen molar-refractivity contribution in [1.29, 1.82) is 0 Å². The number of para-hydroxylation sites is 1. The predicted octanol–water partition coefficient (Wildman–Crippen LogP) is 5.21. The highest BCUT2D eigenvalue weighted by molar-refractivity contribution is 5.82. The maximum atomic E-state index is 5.47. The monoisotopic (exact) mass is 380 g/mol. The summed E-state index contributed by atoms with van der Waals surface area (Å²) in [6.45, 7) is 0. The Hall–Kier alpha value is -3.54. The molecule has 0 aliphatic rings. The molecule has 3 aromatic rings. The second-order valence-electron chi connectivity index (χ2n) is 5.97. The van der Waals surface area contributed by atoms with Crippen molar-refractivity contribution in [3.05, 3.63) is 60.7 Å². The molecule has 0 saturated carbocycles. The average Bonchev–Trinajstić information content (AvgIpc) is 2.74. The molecule has 0 unspecified atom stereocenters. The second kappa shape index (κ2) is 8.90. The average molecular weight is 380 g/mol. The second-order valence-corrected chi connectivity index (χ2v) is 5.97.